The maximum atomic E-state index is 7.34. The number of hydrogen-bond acceptors (Lipinski definition) is 1. The molecule has 1 aliphatic rings. The zero-order valence-electron chi connectivity index (χ0n) is 4.93. The zero-order valence-corrected chi connectivity index (χ0v) is 5.82. The Morgan fingerprint density at radius 3 is 2.75 bits per heavy atom. The highest BCUT2D eigenvalue weighted by molar-refractivity contribution is 7.49. The van der Waals surface area contributed by atoms with Gasteiger partial charge < -0.3 is 0 Å². The quantitative estimate of drug-likeness (QED) is 0.565. The van der Waals surface area contributed by atoms with Gasteiger partial charge in [-0.05, 0) is 12.8 Å². The van der Waals surface area contributed by atoms with Crippen molar-refractivity contribution in [3.8, 4) is 0 Å². The Hall–Kier alpha value is -0.160. The fraction of sp³-hybridized carbons (Fsp3) is 0.667. The van der Waals surface area contributed by atoms with Crippen LogP contribution in [0.2, 0.25) is 0 Å². The van der Waals surface area contributed by atoms with Gasteiger partial charge >= 0.3 is 0 Å². The lowest BCUT2D eigenvalue weighted by Crippen LogP contribution is -1.74. The van der Waals surface area contributed by atoms with Gasteiger partial charge in [-0.1, -0.05) is 6.58 Å². The summed E-state index contributed by atoms with van der Waals surface area (Å²) in [5, 5.41) is 7.34. The maximum absolute atomic E-state index is 7.34. The smallest absolute Gasteiger partial charge is 0.119 e. The van der Waals surface area contributed by atoms with Gasteiger partial charge in [0.15, 0.2) is 0 Å². The molecule has 1 saturated carbocycles. The topological polar surface area (TPSA) is 23.9 Å². The first-order valence-corrected chi connectivity index (χ1v) is 4.53. The van der Waals surface area contributed by atoms with Crippen LogP contribution in [0.15, 0.2) is 12.4 Å². The Kier molecular flexibility index (Phi) is 1.80. The van der Waals surface area contributed by atoms with E-state index in [0.717, 1.165) is 12.1 Å². The van der Waals surface area contributed by atoms with E-state index in [9.17, 15) is 0 Å². The van der Waals surface area contributed by atoms with Gasteiger partial charge in [0.25, 0.3) is 0 Å². The average Bonchev–Trinajstić information content (AvgIpc) is 2.50. The molecular weight excluding hydrogens is 117 g/mol. The van der Waals surface area contributed by atoms with Crippen LogP contribution < -0.4 is 0 Å². The second-order valence-electron chi connectivity index (χ2n) is 2.28. The Morgan fingerprint density at radius 2 is 2.38 bits per heavy atom. The summed E-state index contributed by atoms with van der Waals surface area (Å²) in [7, 11) is -0.541. The molecule has 1 fully saturated rings. The largest absolute Gasteiger partial charge is 0.226 e. The van der Waals surface area contributed by atoms with Crippen molar-refractivity contribution in [2.75, 3.05) is 6.16 Å². The van der Waals surface area contributed by atoms with Crippen LogP contribution in [0.4, 0.5) is 0 Å². The first-order valence-electron chi connectivity index (χ1n) is 2.93. The van der Waals surface area contributed by atoms with Gasteiger partial charge in [-0.25, -0.2) is 0 Å². The van der Waals surface area contributed by atoms with Crippen molar-refractivity contribution in [2.45, 2.75) is 12.8 Å². The normalized spacial score (nSPS) is 20.2. The Morgan fingerprint density at radius 1 is 1.75 bits per heavy atom. The summed E-state index contributed by atoms with van der Waals surface area (Å²) in [5.41, 5.74) is 0. The monoisotopic (exact) mass is 128 g/mol. The van der Waals surface area contributed by atoms with Crippen molar-refractivity contribution in [3.05, 3.63) is 12.4 Å². The van der Waals surface area contributed by atoms with E-state index in [2.05, 4.69) is 6.58 Å². The maximum Gasteiger partial charge on any atom is 0.226 e. The van der Waals surface area contributed by atoms with Crippen molar-refractivity contribution in [1.29, 1.82) is 5.16 Å². The Labute approximate surface area is 51.1 Å². The third-order valence-corrected chi connectivity index (χ3v) is 2.72. The molecule has 1 N–H and O–H groups in total. The third-order valence-electron chi connectivity index (χ3n) is 1.37. The first kappa shape index (κ1) is 5.97. The minimum Gasteiger partial charge on any atom is -0.119 e. The van der Waals surface area contributed by atoms with Crippen molar-refractivity contribution >= 4 is 7.71 Å². The SMILES string of the molecule is C=C[P+](=N)CC1CC1. The van der Waals surface area contributed by atoms with Crippen molar-refractivity contribution in [2.24, 2.45) is 5.92 Å². The fourth-order valence-corrected chi connectivity index (χ4v) is 1.72. The van der Waals surface area contributed by atoms with Crippen LogP contribution >= 0.6 is 7.71 Å². The van der Waals surface area contributed by atoms with E-state index in [1.807, 2.05) is 0 Å². The number of rotatable bonds is 3. The zero-order chi connectivity index (χ0) is 5.98. The van der Waals surface area contributed by atoms with Gasteiger partial charge in [-0.15, -0.1) is 5.16 Å². The molecule has 8 heavy (non-hydrogen) atoms. The standard InChI is InChI=1S/C6H11NP/c1-2-8(7)5-6-3-4-6/h2,6-7H,1,3-5H2/q+1. The molecule has 0 aromatic heterocycles. The molecule has 1 nitrogen and oxygen atoms in total. The average molecular weight is 128 g/mol. The van der Waals surface area contributed by atoms with E-state index in [4.69, 9.17) is 5.16 Å². The van der Waals surface area contributed by atoms with Crippen molar-refractivity contribution in [3.63, 3.8) is 0 Å². The highest BCUT2D eigenvalue weighted by Gasteiger charge is 2.27. The van der Waals surface area contributed by atoms with Crippen LogP contribution in [-0.4, -0.2) is 6.16 Å². The van der Waals surface area contributed by atoms with Gasteiger partial charge in [0.05, 0.1) is 0 Å². The molecule has 1 rings (SSSR count). The molecular formula is C6H11NP+. The van der Waals surface area contributed by atoms with Crippen LogP contribution in [0.1, 0.15) is 12.8 Å². The second-order valence-corrected chi connectivity index (χ2v) is 3.95. The van der Waals surface area contributed by atoms with Gasteiger partial charge in [-0.3, -0.25) is 0 Å². The molecule has 1 atom stereocenters. The summed E-state index contributed by atoms with van der Waals surface area (Å²) in [4.78, 5) is 0. The van der Waals surface area contributed by atoms with Crippen LogP contribution in [0.5, 0.6) is 0 Å². The lowest BCUT2D eigenvalue weighted by atomic mass is 10.5. The van der Waals surface area contributed by atoms with Crippen molar-refractivity contribution < 1.29 is 0 Å². The molecule has 0 aromatic carbocycles. The third kappa shape index (κ3) is 1.75. The van der Waals surface area contributed by atoms with Crippen LogP contribution in [0.25, 0.3) is 0 Å². The minimum atomic E-state index is -0.541. The molecule has 2 heteroatoms. The highest BCUT2D eigenvalue weighted by atomic mass is 31.1. The van der Waals surface area contributed by atoms with E-state index in [-0.39, 0.29) is 0 Å². The summed E-state index contributed by atoms with van der Waals surface area (Å²) in [5.74, 6) is 2.69. The summed E-state index contributed by atoms with van der Waals surface area (Å²) in [6, 6.07) is 0. The number of nitrogens with one attached hydrogen (secondary N) is 1. The molecule has 0 aliphatic heterocycles. The van der Waals surface area contributed by atoms with Gasteiger partial charge in [-0.2, -0.15) is 0 Å². The molecule has 0 amide bonds. The van der Waals surface area contributed by atoms with Gasteiger partial charge in [0, 0.05) is 5.92 Å². The molecule has 0 aromatic rings. The second kappa shape index (κ2) is 2.41. The molecule has 0 spiro atoms. The fourth-order valence-electron chi connectivity index (χ4n) is 0.653. The number of hydrogen-bond donors (Lipinski definition) is 1. The van der Waals surface area contributed by atoms with Crippen LogP contribution in [0.3, 0.4) is 0 Å². The Balaban J connectivity index is 2.16. The first-order chi connectivity index (χ1) is 3.83. The lowest BCUT2D eigenvalue weighted by molar-refractivity contribution is 0.993. The summed E-state index contributed by atoms with van der Waals surface area (Å²) >= 11 is 0. The van der Waals surface area contributed by atoms with E-state index in [0.29, 0.717) is 0 Å². The Bertz CT molecular complexity index is 116. The van der Waals surface area contributed by atoms with E-state index >= 15 is 0 Å². The summed E-state index contributed by atoms with van der Waals surface area (Å²) < 4.78 is 0. The molecule has 0 saturated heterocycles. The van der Waals surface area contributed by atoms with E-state index < -0.39 is 7.71 Å². The van der Waals surface area contributed by atoms with Crippen molar-refractivity contribution in [1.82, 2.24) is 0 Å². The van der Waals surface area contributed by atoms with E-state index in [1.165, 1.54) is 12.8 Å². The predicted molar refractivity (Wildman–Crippen MR) is 37.4 cm³/mol. The summed E-state index contributed by atoms with van der Waals surface area (Å²) in [6.07, 6.45) is 3.84. The summed E-state index contributed by atoms with van der Waals surface area (Å²) in [6.45, 7) is 3.58. The molecule has 1 unspecified atom stereocenters. The minimum absolute atomic E-state index is 0.541. The lowest BCUT2D eigenvalue weighted by Gasteiger charge is -1.77. The van der Waals surface area contributed by atoms with Crippen LogP contribution in [-0.2, 0) is 0 Å². The predicted octanol–water partition coefficient (Wildman–Crippen LogP) is 2.78. The molecule has 0 bridgehead atoms. The van der Waals surface area contributed by atoms with E-state index in [1.54, 1.807) is 5.82 Å². The van der Waals surface area contributed by atoms with Gasteiger partial charge in [0.1, 0.15) is 12.0 Å². The highest BCUT2D eigenvalue weighted by Crippen LogP contribution is 2.38. The molecule has 0 radical (unpaired) electrons. The van der Waals surface area contributed by atoms with Gasteiger partial charge in [0.2, 0.25) is 7.71 Å². The van der Waals surface area contributed by atoms with Crippen LogP contribution in [0, 0.1) is 11.1 Å². The molecule has 44 valence electrons. The molecule has 0 heterocycles. The molecule has 1 aliphatic carbocycles.